The molecule has 0 aromatic rings. The Morgan fingerprint density at radius 1 is 1.16 bits per heavy atom. The van der Waals surface area contributed by atoms with Crippen LogP contribution in [0.3, 0.4) is 0 Å². The highest BCUT2D eigenvalue weighted by Gasteiger charge is 2.25. The second-order valence-electron chi connectivity index (χ2n) is 5.66. The van der Waals surface area contributed by atoms with E-state index in [0.29, 0.717) is 0 Å². The number of likely N-dealkylation sites (tertiary alicyclic amines) is 1. The fraction of sp³-hybridized carbons (Fsp3) is 0.938. The van der Waals surface area contributed by atoms with Gasteiger partial charge in [-0.25, -0.2) is 0 Å². The smallest absolute Gasteiger partial charge is 0.0874 e. The van der Waals surface area contributed by atoms with Crippen molar-refractivity contribution in [1.29, 1.82) is 0 Å². The third kappa shape index (κ3) is 11.0. The van der Waals surface area contributed by atoms with E-state index in [4.69, 9.17) is 9.90 Å². The molecule has 3 heteroatoms. The van der Waals surface area contributed by atoms with Crippen molar-refractivity contribution < 1.29 is 14.8 Å². The lowest BCUT2D eigenvalue weighted by atomic mass is 10.1. The van der Waals surface area contributed by atoms with Crippen LogP contribution in [0.5, 0.6) is 0 Å². The lowest BCUT2D eigenvalue weighted by molar-refractivity contribution is -0.912. The molecule has 3 nitrogen and oxygen atoms in total. The van der Waals surface area contributed by atoms with Crippen molar-refractivity contribution >= 4 is 5.97 Å². The summed E-state index contributed by atoms with van der Waals surface area (Å²) in [5.41, 5.74) is 0. The molecule has 1 aliphatic heterocycles. The fourth-order valence-electron chi connectivity index (χ4n) is 2.94. The number of hydrogen-bond donors (Lipinski definition) is 1. The summed E-state index contributed by atoms with van der Waals surface area (Å²) in [7, 11) is 0. The highest BCUT2D eigenvalue weighted by molar-refractivity contribution is 5.60. The summed E-state index contributed by atoms with van der Waals surface area (Å²) < 4.78 is 0. The zero-order valence-corrected chi connectivity index (χ0v) is 13.2. The summed E-state index contributed by atoms with van der Waals surface area (Å²) >= 11 is 0. The number of hydrogen-bond acceptors (Lipinski definition) is 2. The standard InChI is InChI=1S/C14H29N.C2H4O2/c1-3-5-6-7-8-9-12-15-13-10-11-14(15)4-2;1-2(3)4/h14H,3-13H2,1-2H3;1H3,(H,3,4). The Hall–Kier alpha value is -0.570. The Kier molecular flexibility index (Phi) is 12.1. The molecule has 1 rings (SSSR count). The van der Waals surface area contributed by atoms with Crippen molar-refractivity contribution in [3.8, 4) is 0 Å². The van der Waals surface area contributed by atoms with E-state index in [2.05, 4.69) is 13.8 Å². The Morgan fingerprint density at radius 2 is 1.74 bits per heavy atom. The highest BCUT2D eigenvalue weighted by atomic mass is 16.4. The normalized spacial score (nSPS) is 21.8. The number of carboxylic acid groups (broad SMARTS) is 1. The minimum absolute atomic E-state index is 0.972. The maximum absolute atomic E-state index is 8.89. The summed E-state index contributed by atoms with van der Waals surface area (Å²) in [6.07, 6.45) is 13.0. The zero-order chi connectivity index (χ0) is 14.5. The topological polar surface area (TPSA) is 44.6 Å². The van der Waals surface area contributed by atoms with Gasteiger partial charge in [-0.2, -0.15) is 0 Å². The summed E-state index contributed by atoms with van der Waals surface area (Å²) in [6.45, 7) is 8.52. The lowest BCUT2D eigenvalue weighted by Crippen LogP contribution is -3.13. The number of carbonyl (C=O) groups excluding carboxylic acids is 1. The summed E-state index contributed by atoms with van der Waals surface area (Å²) in [5, 5.41) is 8.89. The molecule has 1 N–H and O–H groups in total. The second-order valence-corrected chi connectivity index (χ2v) is 5.66. The Morgan fingerprint density at radius 3 is 2.32 bits per heavy atom. The maximum Gasteiger partial charge on any atom is 0.0874 e. The van der Waals surface area contributed by atoms with Crippen LogP contribution >= 0.6 is 0 Å². The van der Waals surface area contributed by atoms with E-state index >= 15 is 0 Å². The fourth-order valence-corrected chi connectivity index (χ4v) is 2.94. The summed E-state index contributed by atoms with van der Waals surface area (Å²) in [4.78, 5) is 10.8. The van der Waals surface area contributed by atoms with Gasteiger partial charge >= 0.3 is 0 Å². The van der Waals surface area contributed by atoms with E-state index in [-0.39, 0.29) is 0 Å². The molecule has 114 valence electrons. The van der Waals surface area contributed by atoms with Crippen molar-refractivity contribution in [3.05, 3.63) is 0 Å². The van der Waals surface area contributed by atoms with Gasteiger partial charge in [-0.3, -0.25) is 0 Å². The lowest BCUT2D eigenvalue weighted by Gasteiger charge is -2.20. The molecule has 1 aliphatic rings. The number of carboxylic acids is 1. The zero-order valence-electron chi connectivity index (χ0n) is 13.2. The van der Waals surface area contributed by atoms with Crippen LogP contribution in [0.1, 0.15) is 78.6 Å². The third-order valence-electron chi connectivity index (χ3n) is 3.97. The van der Waals surface area contributed by atoms with Crippen LogP contribution in [-0.2, 0) is 4.79 Å². The third-order valence-corrected chi connectivity index (χ3v) is 3.97. The Balaban J connectivity index is 0.000000711. The maximum atomic E-state index is 8.89. The van der Waals surface area contributed by atoms with Gasteiger partial charge in [0.1, 0.15) is 0 Å². The molecule has 2 unspecified atom stereocenters. The van der Waals surface area contributed by atoms with E-state index in [1.807, 2.05) is 4.90 Å². The van der Waals surface area contributed by atoms with E-state index in [1.165, 1.54) is 70.9 Å². The van der Waals surface area contributed by atoms with Gasteiger partial charge in [0.25, 0.3) is 0 Å². The summed E-state index contributed by atoms with van der Waals surface area (Å²) in [6, 6.07) is 1.00. The molecule has 1 heterocycles. The van der Waals surface area contributed by atoms with Gasteiger partial charge in [0, 0.05) is 18.8 Å². The van der Waals surface area contributed by atoms with Crippen molar-refractivity contribution in [3.63, 3.8) is 0 Å². The monoisotopic (exact) mass is 271 g/mol. The Labute approximate surface area is 119 Å². The van der Waals surface area contributed by atoms with Crippen LogP contribution < -0.4 is 10.0 Å². The van der Waals surface area contributed by atoms with Crippen LogP contribution in [0.25, 0.3) is 0 Å². The van der Waals surface area contributed by atoms with Crippen molar-refractivity contribution in [2.45, 2.75) is 84.6 Å². The van der Waals surface area contributed by atoms with Crippen molar-refractivity contribution in [1.82, 2.24) is 0 Å². The number of rotatable bonds is 8. The average molecular weight is 271 g/mol. The quantitative estimate of drug-likeness (QED) is 0.681. The number of carbonyl (C=O) groups is 1. The van der Waals surface area contributed by atoms with Gasteiger partial charge in [0.15, 0.2) is 0 Å². The van der Waals surface area contributed by atoms with Crippen molar-refractivity contribution in [2.24, 2.45) is 0 Å². The molecule has 2 atom stereocenters. The van der Waals surface area contributed by atoms with Crippen molar-refractivity contribution in [2.75, 3.05) is 13.1 Å². The molecule has 0 spiro atoms. The molecule has 0 aliphatic carbocycles. The van der Waals surface area contributed by atoms with Crippen LogP contribution in [-0.4, -0.2) is 25.1 Å². The number of aliphatic carboxylic acids is 1. The first kappa shape index (κ1) is 18.4. The average Bonchev–Trinajstić information content (AvgIpc) is 2.80. The number of quaternary nitrogens is 1. The minimum atomic E-state index is -1.08. The number of unbranched alkanes of at least 4 members (excludes halogenated alkanes) is 5. The van der Waals surface area contributed by atoms with Crippen LogP contribution in [0.4, 0.5) is 0 Å². The van der Waals surface area contributed by atoms with Crippen LogP contribution in [0, 0.1) is 0 Å². The minimum Gasteiger partial charge on any atom is -0.550 e. The predicted octanol–water partition coefficient (Wildman–Crippen LogP) is 1.56. The highest BCUT2D eigenvalue weighted by Crippen LogP contribution is 2.06. The SMILES string of the molecule is CC(=O)[O-].CCCCCCCC[NH+]1CCCC1CC. The van der Waals surface area contributed by atoms with Gasteiger partial charge in [-0.1, -0.05) is 39.5 Å². The van der Waals surface area contributed by atoms with Gasteiger partial charge in [-0.15, -0.1) is 0 Å². The molecule has 0 aromatic carbocycles. The molecule has 19 heavy (non-hydrogen) atoms. The molecular formula is C16H33NO2. The van der Waals surface area contributed by atoms with Gasteiger partial charge < -0.3 is 14.8 Å². The van der Waals surface area contributed by atoms with Crippen LogP contribution in [0.2, 0.25) is 0 Å². The molecule has 0 bridgehead atoms. The molecular weight excluding hydrogens is 238 g/mol. The first-order valence-electron chi connectivity index (χ1n) is 8.13. The van der Waals surface area contributed by atoms with E-state index in [9.17, 15) is 0 Å². The second kappa shape index (κ2) is 12.5. The molecule has 0 saturated carbocycles. The molecule has 0 radical (unpaired) electrons. The van der Waals surface area contributed by atoms with E-state index in [1.54, 1.807) is 0 Å². The van der Waals surface area contributed by atoms with Crippen LogP contribution in [0.15, 0.2) is 0 Å². The summed E-state index contributed by atoms with van der Waals surface area (Å²) in [5.74, 6) is -1.08. The first-order valence-corrected chi connectivity index (χ1v) is 8.13. The van der Waals surface area contributed by atoms with Gasteiger partial charge in [0.05, 0.1) is 19.1 Å². The van der Waals surface area contributed by atoms with E-state index < -0.39 is 5.97 Å². The largest absolute Gasteiger partial charge is 0.550 e. The predicted molar refractivity (Wildman–Crippen MR) is 78.1 cm³/mol. The molecule has 0 aromatic heterocycles. The van der Waals surface area contributed by atoms with E-state index in [0.717, 1.165) is 13.0 Å². The van der Waals surface area contributed by atoms with Gasteiger partial charge in [-0.05, 0) is 26.2 Å². The Bertz CT molecular complexity index is 215. The molecule has 0 amide bonds. The van der Waals surface area contributed by atoms with Gasteiger partial charge in [0.2, 0.25) is 0 Å². The molecule has 1 fully saturated rings. The number of nitrogens with one attached hydrogen (secondary N) is 1. The molecule has 1 saturated heterocycles. The first-order chi connectivity index (χ1) is 9.11.